The van der Waals surface area contributed by atoms with Crippen LogP contribution in [0.4, 0.5) is 0 Å². The van der Waals surface area contributed by atoms with Gasteiger partial charge in [0.25, 0.3) is 0 Å². The van der Waals surface area contributed by atoms with Crippen molar-refractivity contribution in [2.75, 3.05) is 33.9 Å². The van der Waals surface area contributed by atoms with Gasteiger partial charge in [-0.15, -0.1) is 0 Å². The molecule has 1 aromatic carbocycles. The van der Waals surface area contributed by atoms with Crippen molar-refractivity contribution in [2.24, 2.45) is 5.92 Å². The molecule has 1 N–H and O–H groups in total. The fourth-order valence-electron chi connectivity index (χ4n) is 3.72. The van der Waals surface area contributed by atoms with Gasteiger partial charge in [-0.2, -0.15) is 0 Å². The van der Waals surface area contributed by atoms with E-state index >= 15 is 0 Å². The summed E-state index contributed by atoms with van der Waals surface area (Å²) in [7, 11) is 3.97. The molecule has 4 nitrogen and oxygen atoms in total. The second-order valence-corrected chi connectivity index (χ2v) is 5.90. The van der Waals surface area contributed by atoms with Gasteiger partial charge >= 0.3 is 0 Å². The Morgan fingerprint density at radius 2 is 2.05 bits per heavy atom. The molecule has 0 aromatic heterocycles. The first-order valence-electron chi connectivity index (χ1n) is 7.40. The fraction of sp³-hybridized carbons (Fsp3) is 0.625. The zero-order chi connectivity index (χ0) is 14.2. The predicted octanol–water partition coefficient (Wildman–Crippen LogP) is 1.03. The van der Waals surface area contributed by atoms with Crippen LogP contribution in [0, 0.1) is 5.92 Å². The van der Waals surface area contributed by atoms with E-state index in [2.05, 4.69) is 32.2 Å². The smallest absolute Gasteiger partial charge is 0.182 e. The molecule has 2 aliphatic rings. The van der Waals surface area contributed by atoms with Crippen molar-refractivity contribution in [2.45, 2.75) is 25.2 Å². The molecule has 0 saturated carbocycles. The molecule has 1 unspecified atom stereocenters. The minimum absolute atomic E-state index is 0.325. The highest BCUT2D eigenvalue weighted by molar-refractivity contribution is 5.30. The van der Waals surface area contributed by atoms with E-state index in [1.54, 1.807) is 7.11 Å². The lowest BCUT2D eigenvalue weighted by Crippen LogP contribution is -3.12. The Bertz CT molecular complexity index is 471. The fourth-order valence-corrected chi connectivity index (χ4v) is 3.72. The molecular formula is C16H24NO3+. The van der Waals surface area contributed by atoms with E-state index in [1.807, 2.05) is 6.07 Å². The number of ether oxygens (including phenoxy) is 3. The molecule has 4 heteroatoms. The number of piperidine rings is 1. The van der Waals surface area contributed by atoms with Gasteiger partial charge in [0.15, 0.2) is 5.79 Å². The standard InChI is InChI=1S/C16H23NO3/c1-12-15(13-5-4-6-14(11-13)18-3)17(2)8-7-16(12)19-9-10-20-16/h4-6,11-12,15H,7-10H2,1-3H3/p+1/t12-,15-/m0/s1. The second kappa shape index (κ2) is 5.35. The van der Waals surface area contributed by atoms with Crippen LogP contribution >= 0.6 is 0 Å². The monoisotopic (exact) mass is 278 g/mol. The molecule has 20 heavy (non-hydrogen) atoms. The molecule has 0 radical (unpaired) electrons. The van der Waals surface area contributed by atoms with Crippen LogP contribution in [0.1, 0.15) is 24.9 Å². The van der Waals surface area contributed by atoms with Crippen molar-refractivity contribution < 1.29 is 19.1 Å². The van der Waals surface area contributed by atoms with Gasteiger partial charge in [-0.1, -0.05) is 19.1 Å². The number of hydrogen-bond acceptors (Lipinski definition) is 3. The van der Waals surface area contributed by atoms with E-state index in [0.29, 0.717) is 25.2 Å². The Morgan fingerprint density at radius 1 is 1.30 bits per heavy atom. The van der Waals surface area contributed by atoms with Crippen LogP contribution in [0.3, 0.4) is 0 Å². The highest BCUT2D eigenvalue weighted by atomic mass is 16.7. The van der Waals surface area contributed by atoms with E-state index in [-0.39, 0.29) is 5.79 Å². The molecule has 2 heterocycles. The first-order chi connectivity index (χ1) is 9.66. The van der Waals surface area contributed by atoms with E-state index in [0.717, 1.165) is 18.7 Å². The third-order valence-electron chi connectivity index (χ3n) is 4.82. The molecule has 3 atom stereocenters. The summed E-state index contributed by atoms with van der Waals surface area (Å²) in [6.07, 6.45) is 0.973. The normalized spacial score (nSPS) is 32.5. The van der Waals surface area contributed by atoms with Gasteiger partial charge in [0.2, 0.25) is 0 Å². The molecule has 1 aromatic rings. The third kappa shape index (κ3) is 2.22. The minimum Gasteiger partial charge on any atom is -0.497 e. The van der Waals surface area contributed by atoms with Gasteiger partial charge in [-0.25, -0.2) is 0 Å². The third-order valence-corrected chi connectivity index (χ3v) is 4.82. The molecule has 2 saturated heterocycles. The van der Waals surface area contributed by atoms with Crippen LogP contribution < -0.4 is 9.64 Å². The highest BCUT2D eigenvalue weighted by Gasteiger charge is 2.52. The summed E-state index contributed by atoms with van der Waals surface area (Å²) >= 11 is 0. The molecular weight excluding hydrogens is 254 g/mol. The Balaban J connectivity index is 1.92. The Labute approximate surface area is 120 Å². The Kier molecular flexibility index (Phi) is 3.71. The second-order valence-electron chi connectivity index (χ2n) is 5.90. The molecule has 2 fully saturated rings. The maximum absolute atomic E-state index is 5.98. The highest BCUT2D eigenvalue weighted by Crippen LogP contribution is 2.40. The van der Waals surface area contributed by atoms with Crippen LogP contribution in [-0.4, -0.2) is 39.7 Å². The predicted molar refractivity (Wildman–Crippen MR) is 75.9 cm³/mol. The van der Waals surface area contributed by atoms with Crippen LogP contribution in [0.5, 0.6) is 5.75 Å². The van der Waals surface area contributed by atoms with Gasteiger partial charge in [-0.05, 0) is 12.1 Å². The molecule has 3 rings (SSSR count). The Hall–Kier alpha value is -1.10. The summed E-state index contributed by atoms with van der Waals surface area (Å²) in [5.41, 5.74) is 1.30. The van der Waals surface area contributed by atoms with Gasteiger partial charge < -0.3 is 19.1 Å². The number of likely N-dealkylation sites (tertiary alicyclic amines) is 1. The topological polar surface area (TPSA) is 32.1 Å². The molecule has 0 aliphatic carbocycles. The average Bonchev–Trinajstić information content (AvgIpc) is 2.94. The van der Waals surface area contributed by atoms with Crippen molar-refractivity contribution in [3.63, 3.8) is 0 Å². The van der Waals surface area contributed by atoms with E-state index < -0.39 is 0 Å². The lowest BCUT2D eigenvalue weighted by atomic mass is 9.81. The number of methoxy groups -OCH3 is 1. The summed E-state index contributed by atoms with van der Waals surface area (Å²) in [5, 5.41) is 0. The first kappa shape index (κ1) is 13.9. The number of nitrogens with one attached hydrogen (secondary N) is 1. The van der Waals surface area contributed by atoms with Crippen LogP contribution in [0.2, 0.25) is 0 Å². The van der Waals surface area contributed by atoms with Gasteiger partial charge in [0.05, 0.1) is 46.3 Å². The summed E-state index contributed by atoms with van der Waals surface area (Å²) < 4.78 is 17.3. The SMILES string of the molecule is COc1cccc([C@@H]2[C@H](C)C3(CC[NH+]2C)OCCO3)c1. The molecule has 2 aliphatic heterocycles. The quantitative estimate of drug-likeness (QED) is 0.877. The Morgan fingerprint density at radius 3 is 2.75 bits per heavy atom. The summed E-state index contributed by atoms with van der Waals surface area (Å²) in [6, 6.07) is 8.74. The molecule has 0 amide bonds. The first-order valence-corrected chi connectivity index (χ1v) is 7.40. The lowest BCUT2D eigenvalue weighted by molar-refractivity contribution is -0.927. The number of rotatable bonds is 2. The molecule has 110 valence electrons. The number of quaternary nitrogens is 1. The van der Waals surface area contributed by atoms with Crippen molar-refractivity contribution in [3.05, 3.63) is 29.8 Å². The summed E-state index contributed by atoms with van der Waals surface area (Å²) in [4.78, 5) is 1.51. The zero-order valence-corrected chi connectivity index (χ0v) is 12.5. The van der Waals surface area contributed by atoms with Crippen LogP contribution in [-0.2, 0) is 9.47 Å². The summed E-state index contributed by atoms with van der Waals surface area (Å²) in [5.74, 6) is 0.856. The van der Waals surface area contributed by atoms with Gasteiger partial charge in [0.1, 0.15) is 11.8 Å². The number of benzene rings is 1. The average molecular weight is 278 g/mol. The van der Waals surface area contributed by atoms with Crippen molar-refractivity contribution in [3.8, 4) is 5.75 Å². The van der Waals surface area contributed by atoms with Crippen molar-refractivity contribution in [1.82, 2.24) is 0 Å². The lowest BCUT2D eigenvalue weighted by Gasteiger charge is -2.44. The van der Waals surface area contributed by atoms with Crippen LogP contribution in [0.15, 0.2) is 24.3 Å². The molecule has 0 bridgehead atoms. The van der Waals surface area contributed by atoms with Crippen LogP contribution in [0.25, 0.3) is 0 Å². The zero-order valence-electron chi connectivity index (χ0n) is 12.5. The largest absolute Gasteiger partial charge is 0.497 e. The molecule has 1 spiro atoms. The minimum atomic E-state index is -0.382. The van der Waals surface area contributed by atoms with Gasteiger partial charge in [-0.3, -0.25) is 0 Å². The van der Waals surface area contributed by atoms with Crippen molar-refractivity contribution in [1.29, 1.82) is 0 Å². The van der Waals surface area contributed by atoms with Crippen molar-refractivity contribution >= 4 is 0 Å². The van der Waals surface area contributed by atoms with Gasteiger partial charge in [0, 0.05) is 5.56 Å². The maximum atomic E-state index is 5.98. The van der Waals surface area contributed by atoms with E-state index in [1.165, 1.54) is 10.5 Å². The van der Waals surface area contributed by atoms with E-state index in [9.17, 15) is 0 Å². The van der Waals surface area contributed by atoms with E-state index in [4.69, 9.17) is 14.2 Å². The maximum Gasteiger partial charge on any atom is 0.182 e. The summed E-state index contributed by atoms with van der Waals surface area (Å²) in [6.45, 7) is 4.74. The number of hydrogen-bond donors (Lipinski definition) is 1.